The summed E-state index contributed by atoms with van der Waals surface area (Å²) >= 11 is 12.9. The highest BCUT2D eigenvalue weighted by Crippen LogP contribution is 2.39. The van der Waals surface area contributed by atoms with Crippen LogP contribution in [0.3, 0.4) is 0 Å². The number of halogens is 1. The van der Waals surface area contributed by atoms with Crippen molar-refractivity contribution >= 4 is 57.6 Å². The number of anilines is 1. The van der Waals surface area contributed by atoms with E-state index in [4.69, 9.17) is 33.3 Å². The van der Waals surface area contributed by atoms with Gasteiger partial charge < -0.3 is 9.47 Å². The fraction of sp³-hybridized carbons (Fsp3) is 0.238. The molecule has 0 aliphatic carbocycles. The zero-order chi connectivity index (χ0) is 20.3. The summed E-state index contributed by atoms with van der Waals surface area (Å²) in [6.45, 7) is 4.79. The molecule has 1 amide bonds. The Kier molecular flexibility index (Phi) is 6.65. The molecule has 0 aromatic heterocycles. The number of thioether (sulfide) groups is 1. The van der Waals surface area contributed by atoms with Crippen LogP contribution in [0.1, 0.15) is 19.4 Å². The van der Waals surface area contributed by atoms with Crippen LogP contribution >= 0.6 is 35.6 Å². The molecule has 2 aromatic carbocycles. The van der Waals surface area contributed by atoms with Gasteiger partial charge in [-0.05, 0) is 36.3 Å². The number of carbonyl (C=O) groups is 1. The predicted octanol–water partition coefficient (Wildman–Crippen LogP) is 5.79. The zero-order valence-corrected chi connectivity index (χ0v) is 18.2. The van der Waals surface area contributed by atoms with Gasteiger partial charge in [0.25, 0.3) is 5.91 Å². The van der Waals surface area contributed by atoms with Gasteiger partial charge in [0.15, 0.2) is 4.32 Å². The van der Waals surface area contributed by atoms with Crippen molar-refractivity contribution in [1.82, 2.24) is 0 Å². The van der Waals surface area contributed by atoms with E-state index in [9.17, 15) is 4.79 Å². The lowest BCUT2D eigenvalue weighted by atomic mass is 10.1. The lowest BCUT2D eigenvalue weighted by Gasteiger charge is -2.15. The largest absolute Gasteiger partial charge is 0.495 e. The molecular formula is C21H20ClNO3S2. The molecule has 7 heteroatoms. The Bertz CT molecular complexity index is 943. The van der Waals surface area contributed by atoms with Crippen molar-refractivity contribution in [2.75, 3.05) is 18.6 Å². The van der Waals surface area contributed by atoms with Crippen LogP contribution in [0.15, 0.2) is 47.4 Å². The molecule has 0 saturated carbocycles. The monoisotopic (exact) mass is 433 g/mol. The van der Waals surface area contributed by atoms with E-state index in [-0.39, 0.29) is 5.91 Å². The van der Waals surface area contributed by atoms with E-state index in [1.54, 1.807) is 25.3 Å². The minimum Gasteiger partial charge on any atom is -0.495 e. The second kappa shape index (κ2) is 8.99. The molecule has 0 bridgehead atoms. The normalized spacial score (nSPS) is 15.6. The van der Waals surface area contributed by atoms with Gasteiger partial charge >= 0.3 is 0 Å². The molecule has 0 atom stereocenters. The summed E-state index contributed by atoms with van der Waals surface area (Å²) in [6.07, 6.45) is 1.82. The second-order valence-electron chi connectivity index (χ2n) is 6.58. The number of hydrogen-bond acceptors (Lipinski definition) is 5. The van der Waals surface area contributed by atoms with Crippen molar-refractivity contribution in [2.24, 2.45) is 5.92 Å². The molecule has 0 unspecified atom stereocenters. The van der Waals surface area contributed by atoms with Crippen LogP contribution in [0.4, 0.5) is 5.69 Å². The van der Waals surface area contributed by atoms with Crippen molar-refractivity contribution in [3.05, 3.63) is 58.0 Å². The molecule has 1 saturated heterocycles. The Morgan fingerprint density at radius 3 is 2.64 bits per heavy atom. The molecule has 2 aromatic rings. The van der Waals surface area contributed by atoms with E-state index >= 15 is 0 Å². The number of thiocarbonyl (C=S) groups is 1. The third-order valence-electron chi connectivity index (χ3n) is 3.97. The first-order valence-electron chi connectivity index (χ1n) is 8.74. The highest BCUT2D eigenvalue weighted by Gasteiger charge is 2.33. The van der Waals surface area contributed by atoms with Crippen LogP contribution in [0.25, 0.3) is 6.08 Å². The summed E-state index contributed by atoms with van der Waals surface area (Å²) < 4.78 is 11.5. The SMILES string of the molecule is COc1ccc(N2C(=O)/C(=C/c3ccccc3OCC(C)C)SC2=S)cc1Cl. The molecular weight excluding hydrogens is 414 g/mol. The number of amides is 1. The summed E-state index contributed by atoms with van der Waals surface area (Å²) in [5, 5.41) is 0.422. The third-order valence-corrected chi connectivity index (χ3v) is 5.56. The van der Waals surface area contributed by atoms with E-state index in [2.05, 4.69) is 13.8 Å². The molecule has 1 heterocycles. The first-order valence-corrected chi connectivity index (χ1v) is 10.3. The zero-order valence-electron chi connectivity index (χ0n) is 15.8. The van der Waals surface area contributed by atoms with Crippen molar-refractivity contribution < 1.29 is 14.3 Å². The highest BCUT2D eigenvalue weighted by atomic mass is 35.5. The topological polar surface area (TPSA) is 38.8 Å². The van der Waals surface area contributed by atoms with Gasteiger partial charge in [0.2, 0.25) is 0 Å². The van der Waals surface area contributed by atoms with Crippen molar-refractivity contribution in [1.29, 1.82) is 0 Å². The van der Waals surface area contributed by atoms with Gasteiger partial charge in [-0.3, -0.25) is 9.69 Å². The minimum absolute atomic E-state index is 0.185. The van der Waals surface area contributed by atoms with Crippen molar-refractivity contribution in [3.63, 3.8) is 0 Å². The van der Waals surface area contributed by atoms with E-state index in [0.29, 0.717) is 38.2 Å². The first-order chi connectivity index (χ1) is 13.4. The lowest BCUT2D eigenvalue weighted by Crippen LogP contribution is -2.27. The van der Waals surface area contributed by atoms with Crippen LogP contribution in [0, 0.1) is 5.92 Å². The summed E-state index contributed by atoms with van der Waals surface area (Å²) in [4.78, 5) is 15.0. The summed E-state index contributed by atoms with van der Waals surface area (Å²) in [5.74, 6) is 1.51. The van der Waals surface area contributed by atoms with Crippen LogP contribution in [-0.4, -0.2) is 23.9 Å². The Morgan fingerprint density at radius 1 is 1.21 bits per heavy atom. The maximum absolute atomic E-state index is 13.0. The van der Waals surface area contributed by atoms with Gasteiger partial charge in [0.05, 0.1) is 29.3 Å². The maximum Gasteiger partial charge on any atom is 0.270 e. The van der Waals surface area contributed by atoms with Gasteiger partial charge in [-0.2, -0.15) is 0 Å². The van der Waals surface area contributed by atoms with Gasteiger partial charge in [-0.25, -0.2) is 0 Å². The van der Waals surface area contributed by atoms with Crippen LogP contribution < -0.4 is 14.4 Å². The van der Waals surface area contributed by atoms with Crippen LogP contribution in [0.2, 0.25) is 5.02 Å². The average Bonchev–Trinajstić information content (AvgIpc) is 2.94. The molecule has 1 aliphatic heterocycles. The highest BCUT2D eigenvalue weighted by molar-refractivity contribution is 8.27. The molecule has 1 aliphatic rings. The smallest absolute Gasteiger partial charge is 0.270 e. The van der Waals surface area contributed by atoms with E-state index in [1.807, 2.05) is 30.3 Å². The number of rotatable bonds is 6. The van der Waals surface area contributed by atoms with Crippen LogP contribution in [-0.2, 0) is 4.79 Å². The molecule has 3 rings (SSSR count). The minimum atomic E-state index is -0.185. The second-order valence-corrected chi connectivity index (χ2v) is 8.66. The van der Waals surface area contributed by atoms with Gasteiger partial charge in [-0.1, -0.05) is 67.6 Å². The van der Waals surface area contributed by atoms with Gasteiger partial charge in [0, 0.05) is 5.56 Å². The van der Waals surface area contributed by atoms with E-state index in [0.717, 1.165) is 11.3 Å². The number of ether oxygens (including phenoxy) is 2. The lowest BCUT2D eigenvalue weighted by molar-refractivity contribution is -0.113. The Hall–Kier alpha value is -2.02. The molecule has 1 fully saturated rings. The molecule has 0 radical (unpaired) electrons. The molecule has 28 heavy (non-hydrogen) atoms. The number of carbonyl (C=O) groups excluding carboxylic acids is 1. The third kappa shape index (κ3) is 4.51. The summed E-state index contributed by atoms with van der Waals surface area (Å²) in [5.41, 5.74) is 1.46. The summed E-state index contributed by atoms with van der Waals surface area (Å²) in [7, 11) is 1.54. The fourth-order valence-corrected chi connectivity index (χ4v) is 4.16. The molecule has 0 N–H and O–H groups in total. The van der Waals surface area contributed by atoms with E-state index < -0.39 is 0 Å². The fourth-order valence-electron chi connectivity index (χ4n) is 2.61. The molecule has 4 nitrogen and oxygen atoms in total. The Labute approximate surface area is 179 Å². The first kappa shape index (κ1) is 20.7. The maximum atomic E-state index is 13.0. The standard InChI is InChI=1S/C21H20ClNO3S2/c1-13(2)12-26-17-7-5-4-6-14(17)10-19-20(24)23(21(27)28-19)15-8-9-18(25-3)16(22)11-15/h4-11,13H,12H2,1-3H3/b19-10-. The average molecular weight is 434 g/mol. The Balaban J connectivity index is 1.89. The summed E-state index contributed by atoms with van der Waals surface area (Å²) in [6, 6.07) is 12.8. The molecule has 0 spiro atoms. The number of para-hydroxylation sites is 1. The van der Waals surface area contributed by atoms with Crippen LogP contribution in [0.5, 0.6) is 11.5 Å². The quantitative estimate of drug-likeness (QED) is 0.426. The molecule has 146 valence electrons. The van der Waals surface area contributed by atoms with Crippen molar-refractivity contribution in [3.8, 4) is 11.5 Å². The van der Waals surface area contributed by atoms with Gasteiger partial charge in [-0.15, -0.1) is 0 Å². The number of methoxy groups -OCH3 is 1. The Morgan fingerprint density at radius 2 is 1.96 bits per heavy atom. The van der Waals surface area contributed by atoms with E-state index in [1.165, 1.54) is 16.7 Å². The van der Waals surface area contributed by atoms with Crippen molar-refractivity contribution in [2.45, 2.75) is 13.8 Å². The van der Waals surface area contributed by atoms with Gasteiger partial charge in [0.1, 0.15) is 11.5 Å². The number of nitrogens with zero attached hydrogens (tertiary/aromatic N) is 1. The number of benzene rings is 2. The number of hydrogen-bond donors (Lipinski definition) is 0. The predicted molar refractivity (Wildman–Crippen MR) is 120 cm³/mol.